The van der Waals surface area contributed by atoms with E-state index in [-0.39, 0.29) is 6.61 Å². The van der Waals surface area contributed by atoms with Gasteiger partial charge in [-0.05, 0) is 23.6 Å². The van der Waals surface area contributed by atoms with Crippen molar-refractivity contribution in [3.63, 3.8) is 0 Å². The average Bonchev–Trinajstić information content (AvgIpc) is 2.83. The molecule has 0 spiro atoms. The first kappa shape index (κ1) is 9.69. The third kappa shape index (κ3) is 1.47. The number of benzene rings is 1. The number of hydrogen-bond acceptors (Lipinski definition) is 4. The van der Waals surface area contributed by atoms with Crippen LogP contribution in [0.2, 0.25) is 0 Å². The second kappa shape index (κ2) is 3.50. The number of para-hydroxylation sites is 2. The Balaban J connectivity index is 1.98. The Hall–Kier alpha value is -1.52. The van der Waals surface area contributed by atoms with E-state index in [4.69, 9.17) is 9.47 Å². The van der Waals surface area contributed by atoms with Crippen molar-refractivity contribution in [3.05, 3.63) is 46.7 Å². The van der Waals surface area contributed by atoms with E-state index in [0.717, 1.165) is 4.88 Å². The van der Waals surface area contributed by atoms with E-state index in [1.54, 1.807) is 6.07 Å². The Bertz CT molecular complexity index is 495. The number of ether oxygens (including phenoxy) is 2. The predicted molar refractivity (Wildman–Crippen MR) is 60.8 cm³/mol. The van der Waals surface area contributed by atoms with Crippen LogP contribution in [0.3, 0.4) is 0 Å². The Morgan fingerprint density at radius 2 is 1.94 bits per heavy atom. The molecule has 1 aromatic heterocycles. The van der Waals surface area contributed by atoms with E-state index in [1.807, 2.05) is 35.7 Å². The molecule has 1 aliphatic rings. The highest BCUT2D eigenvalue weighted by Gasteiger charge is 2.38. The molecule has 0 radical (unpaired) electrons. The van der Waals surface area contributed by atoms with Crippen LogP contribution in [0.15, 0.2) is 41.8 Å². The SMILES string of the molecule is O[C@]1(c2cccs2)COc2ccccc2O1. The fourth-order valence-electron chi connectivity index (χ4n) is 1.66. The van der Waals surface area contributed by atoms with E-state index in [0.29, 0.717) is 11.5 Å². The molecular formula is C12H10O3S. The number of rotatable bonds is 1. The lowest BCUT2D eigenvalue weighted by molar-refractivity contribution is -0.180. The van der Waals surface area contributed by atoms with Gasteiger partial charge in [-0.1, -0.05) is 18.2 Å². The topological polar surface area (TPSA) is 38.7 Å². The summed E-state index contributed by atoms with van der Waals surface area (Å²) >= 11 is 1.45. The first-order valence-electron chi connectivity index (χ1n) is 4.95. The van der Waals surface area contributed by atoms with Gasteiger partial charge in [-0.15, -0.1) is 11.3 Å². The van der Waals surface area contributed by atoms with E-state index in [2.05, 4.69) is 0 Å². The Labute approximate surface area is 96.9 Å². The second-order valence-corrected chi connectivity index (χ2v) is 4.55. The molecule has 2 heterocycles. The number of hydrogen-bond donors (Lipinski definition) is 1. The van der Waals surface area contributed by atoms with Gasteiger partial charge >= 0.3 is 0 Å². The largest absolute Gasteiger partial charge is 0.482 e. The summed E-state index contributed by atoms with van der Waals surface area (Å²) < 4.78 is 11.1. The van der Waals surface area contributed by atoms with Crippen LogP contribution in [0.1, 0.15) is 4.88 Å². The summed E-state index contributed by atoms with van der Waals surface area (Å²) in [5, 5.41) is 12.2. The first-order chi connectivity index (χ1) is 7.78. The molecule has 1 atom stereocenters. The van der Waals surface area contributed by atoms with Crippen molar-refractivity contribution in [1.82, 2.24) is 0 Å². The predicted octanol–water partition coefficient (Wildman–Crippen LogP) is 2.36. The smallest absolute Gasteiger partial charge is 0.278 e. The molecule has 0 amide bonds. The summed E-state index contributed by atoms with van der Waals surface area (Å²) in [5.41, 5.74) is 0. The normalized spacial score (nSPS) is 23.1. The summed E-state index contributed by atoms with van der Waals surface area (Å²) in [6, 6.07) is 11.0. The highest BCUT2D eigenvalue weighted by molar-refractivity contribution is 7.10. The van der Waals surface area contributed by atoms with Crippen molar-refractivity contribution in [2.75, 3.05) is 6.61 Å². The lowest BCUT2D eigenvalue weighted by Crippen LogP contribution is -2.41. The van der Waals surface area contributed by atoms with Crippen LogP contribution in [0.5, 0.6) is 11.5 Å². The molecular weight excluding hydrogens is 224 g/mol. The first-order valence-corrected chi connectivity index (χ1v) is 5.83. The minimum Gasteiger partial charge on any atom is -0.482 e. The van der Waals surface area contributed by atoms with E-state index in [9.17, 15) is 5.11 Å². The molecule has 1 aliphatic heterocycles. The van der Waals surface area contributed by atoms with Gasteiger partial charge in [0.15, 0.2) is 18.1 Å². The standard InChI is InChI=1S/C12H10O3S/c13-12(11-6-3-7-16-11)8-14-9-4-1-2-5-10(9)15-12/h1-7,13H,8H2/t12-/m1/s1. The van der Waals surface area contributed by atoms with E-state index in [1.165, 1.54) is 11.3 Å². The summed E-state index contributed by atoms with van der Waals surface area (Å²) in [6.07, 6.45) is 0. The van der Waals surface area contributed by atoms with E-state index < -0.39 is 5.79 Å². The van der Waals surface area contributed by atoms with Crippen molar-refractivity contribution in [2.24, 2.45) is 0 Å². The maximum absolute atomic E-state index is 10.3. The molecule has 0 saturated heterocycles. The van der Waals surface area contributed by atoms with Crippen LogP contribution >= 0.6 is 11.3 Å². The lowest BCUT2D eigenvalue weighted by Gasteiger charge is -2.32. The van der Waals surface area contributed by atoms with E-state index >= 15 is 0 Å². The van der Waals surface area contributed by atoms with Crippen LogP contribution < -0.4 is 9.47 Å². The van der Waals surface area contributed by atoms with Gasteiger partial charge in [0.05, 0.1) is 4.88 Å². The fourth-order valence-corrected chi connectivity index (χ4v) is 2.41. The number of thiophene rings is 1. The van der Waals surface area contributed by atoms with Gasteiger partial charge in [-0.3, -0.25) is 0 Å². The second-order valence-electron chi connectivity index (χ2n) is 3.60. The average molecular weight is 234 g/mol. The Morgan fingerprint density at radius 3 is 2.69 bits per heavy atom. The van der Waals surface area contributed by atoms with Crippen molar-refractivity contribution in [1.29, 1.82) is 0 Å². The molecule has 2 aromatic rings. The van der Waals surface area contributed by atoms with Crippen LogP contribution in [-0.2, 0) is 5.79 Å². The maximum Gasteiger partial charge on any atom is 0.278 e. The molecule has 1 aromatic carbocycles. The molecule has 0 saturated carbocycles. The molecule has 0 unspecified atom stereocenters. The van der Waals surface area contributed by atoms with Crippen LogP contribution in [0.25, 0.3) is 0 Å². The molecule has 3 nitrogen and oxygen atoms in total. The van der Waals surface area contributed by atoms with Gasteiger partial charge in [0.1, 0.15) is 0 Å². The quantitative estimate of drug-likeness (QED) is 0.823. The maximum atomic E-state index is 10.3. The molecule has 1 N–H and O–H groups in total. The molecule has 82 valence electrons. The highest BCUT2D eigenvalue weighted by Crippen LogP contribution is 2.39. The summed E-state index contributed by atoms with van der Waals surface area (Å²) in [5.74, 6) is -0.115. The van der Waals surface area contributed by atoms with Crippen LogP contribution in [-0.4, -0.2) is 11.7 Å². The molecule has 0 aliphatic carbocycles. The summed E-state index contributed by atoms with van der Waals surface area (Å²) in [7, 11) is 0. The van der Waals surface area contributed by atoms with Gasteiger partial charge in [0.2, 0.25) is 0 Å². The zero-order valence-electron chi connectivity index (χ0n) is 8.42. The molecule has 3 rings (SSSR count). The fraction of sp³-hybridized carbons (Fsp3) is 0.167. The van der Waals surface area contributed by atoms with Crippen molar-refractivity contribution in [3.8, 4) is 11.5 Å². The van der Waals surface area contributed by atoms with Crippen LogP contribution in [0.4, 0.5) is 0 Å². The van der Waals surface area contributed by atoms with Gasteiger partial charge in [-0.25, -0.2) is 0 Å². The van der Waals surface area contributed by atoms with Crippen molar-refractivity contribution in [2.45, 2.75) is 5.79 Å². The summed E-state index contributed by atoms with van der Waals surface area (Å²) in [6.45, 7) is 0.116. The zero-order valence-corrected chi connectivity index (χ0v) is 9.24. The Morgan fingerprint density at radius 1 is 1.12 bits per heavy atom. The minimum absolute atomic E-state index is 0.116. The number of aliphatic hydroxyl groups is 1. The minimum atomic E-state index is -1.36. The highest BCUT2D eigenvalue weighted by atomic mass is 32.1. The van der Waals surface area contributed by atoms with Gasteiger partial charge in [0.25, 0.3) is 5.79 Å². The summed E-state index contributed by atoms with van der Waals surface area (Å²) in [4.78, 5) is 0.752. The van der Waals surface area contributed by atoms with Gasteiger partial charge < -0.3 is 14.6 Å². The molecule has 0 fully saturated rings. The van der Waals surface area contributed by atoms with Crippen molar-refractivity contribution < 1.29 is 14.6 Å². The van der Waals surface area contributed by atoms with Crippen LogP contribution in [0, 0.1) is 0 Å². The van der Waals surface area contributed by atoms with Gasteiger partial charge in [-0.2, -0.15) is 0 Å². The molecule has 4 heteroatoms. The third-order valence-electron chi connectivity index (χ3n) is 2.46. The Kier molecular flexibility index (Phi) is 2.12. The van der Waals surface area contributed by atoms with Gasteiger partial charge in [0, 0.05) is 0 Å². The number of fused-ring (bicyclic) bond motifs is 1. The van der Waals surface area contributed by atoms with Crippen molar-refractivity contribution >= 4 is 11.3 Å². The molecule has 16 heavy (non-hydrogen) atoms. The third-order valence-corrected chi connectivity index (χ3v) is 3.46. The molecule has 0 bridgehead atoms. The lowest BCUT2D eigenvalue weighted by atomic mass is 10.2. The monoisotopic (exact) mass is 234 g/mol. The zero-order chi connectivity index (χ0) is 11.0.